The normalized spacial score (nSPS) is 20.7. The Balaban J connectivity index is 1.67. The van der Waals surface area contributed by atoms with Gasteiger partial charge in [-0.05, 0) is 43.4 Å². The van der Waals surface area contributed by atoms with E-state index in [2.05, 4.69) is 25.6 Å². The Kier molecular flexibility index (Phi) is 3.72. The summed E-state index contributed by atoms with van der Waals surface area (Å²) < 4.78 is 0. The molecule has 1 spiro atoms. The molecular formula is C20H14ClN5OS. The van der Waals surface area contributed by atoms with Gasteiger partial charge in [-0.2, -0.15) is 0 Å². The number of amides is 1. The summed E-state index contributed by atoms with van der Waals surface area (Å²) in [4.78, 5) is 26.4. The van der Waals surface area contributed by atoms with Crippen molar-refractivity contribution in [1.29, 1.82) is 0 Å². The van der Waals surface area contributed by atoms with Gasteiger partial charge < -0.3 is 10.6 Å². The summed E-state index contributed by atoms with van der Waals surface area (Å²) in [6.07, 6.45) is 2.05. The zero-order chi connectivity index (χ0) is 19.5. The van der Waals surface area contributed by atoms with Crippen LogP contribution in [-0.2, 0) is 10.3 Å². The van der Waals surface area contributed by atoms with E-state index >= 15 is 0 Å². The Hall–Kier alpha value is -2.90. The number of anilines is 1. The molecule has 0 saturated carbocycles. The van der Waals surface area contributed by atoms with Crippen LogP contribution < -0.4 is 10.6 Å². The average Bonchev–Trinajstić information content (AvgIpc) is 2.93. The molecular weight excluding hydrogens is 394 g/mol. The van der Waals surface area contributed by atoms with Crippen molar-refractivity contribution in [2.24, 2.45) is 4.99 Å². The number of aliphatic imine (C=N–C) groups is 1. The third-order valence-corrected chi connectivity index (χ3v) is 5.69. The number of hydrogen-bond donors (Lipinski definition) is 2. The zero-order valence-electron chi connectivity index (χ0n) is 14.8. The summed E-state index contributed by atoms with van der Waals surface area (Å²) in [6.45, 7) is 1.91. The molecule has 1 amide bonds. The van der Waals surface area contributed by atoms with Gasteiger partial charge in [0, 0.05) is 34.8 Å². The van der Waals surface area contributed by atoms with Crippen LogP contribution in [0.2, 0.25) is 5.02 Å². The summed E-state index contributed by atoms with van der Waals surface area (Å²) in [5, 5.41) is 7.67. The number of thiocarbonyl (C=S) groups is 1. The molecule has 6 nitrogen and oxygen atoms in total. The molecule has 1 aromatic carbocycles. The molecule has 2 aromatic heterocycles. The van der Waals surface area contributed by atoms with Crippen LogP contribution in [0.15, 0.2) is 47.6 Å². The maximum absolute atomic E-state index is 13.0. The van der Waals surface area contributed by atoms with Gasteiger partial charge in [0.1, 0.15) is 0 Å². The monoisotopic (exact) mass is 407 g/mol. The lowest BCUT2D eigenvalue weighted by atomic mass is 9.83. The summed E-state index contributed by atoms with van der Waals surface area (Å²) in [5.74, 6) is -0.196. The largest absolute Gasteiger partial charge is 0.343 e. The summed E-state index contributed by atoms with van der Waals surface area (Å²) in [6, 6.07) is 11.3. The van der Waals surface area contributed by atoms with Crippen molar-refractivity contribution >= 4 is 57.3 Å². The molecule has 2 N–H and O–H groups in total. The predicted octanol–water partition coefficient (Wildman–Crippen LogP) is 3.51. The van der Waals surface area contributed by atoms with Gasteiger partial charge in [0.25, 0.3) is 5.91 Å². The first-order valence-electron chi connectivity index (χ1n) is 8.71. The number of carbonyl (C=O) groups excluding carboxylic acids is 1. The number of halogens is 1. The number of benzene rings is 1. The Morgan fingerprint density at radius 3 is 2.96 bits per heavy atom. The molecule has 138 valence electrons. The quantitative estimate of drug-likeness (QED) is 0.603. The van der Waals surface area contributed by atoms with Gasteiger partial charge >= 0.3 is 0 Å². The molecule has 1 atom stereocenters. The molecule has 0 bridgehead atoms. The van der Waals surface area contributed by atoms with E-state index in [0.29, 0.717) is 28.5 Å². The van der Waals surface area contributed by atoms with E-state index in [9.17, 15) is 4.79 Å². The highest BCUT2D eigenvalue weighted by Crippen LogP contribution is 2.44. The number of pyridine rings is 2. The second-order valence-corrected chi connectivity index (χ2v) is 7.65. The van der Waals surface area contributed by atoms with E-state index in [0.717, 1.165) is 22.2 Å². The molecule has 0 saturated heterocycles. The number of nitrogens with zero attached hydrogens (tertiary/aromatic N) is 3. The number of aryl methyl sites for hydroxylation is 1. The fraction of sp³-hybridized carbons (Fsp3) is 0.150. The first-order chi connectivity index (χ1) is 13.5. The van der Waals surface area contributed by atoms with Crippen molar-refractivity contribution in [2.45, 2.75) is 18.9 Å². The van der Waals surface area contributed by atoms with E-state index in [1.54, 1.807) is 12.3 Å². The van der Waals surface area contributed by atoms with Crippen molar-refractivity contribution in [2.75, 3.05) is 5.32 Å². The van der Waals surface area contributed by atoms with Crippen LogP contribution in [0.3, 0.4) is 0 Å². The van der Waals surface area contributed by atoms with Gasteiger partial charge in [0.2, 0.25) is 0 Å². The van der Waals surface area contributed by atoms with Crippen molar-refractivity contribution in [3.8, 4) is 0 Å². The lowest BCUT2D eigenvalue weighted by Crippen LogP contribution is -2.54. The molecule has 1 unspecified atom stereocenters. The van der Waals surface area contributed by atoms with Crippen LogP contribution in [0.25, 0.3) is 11.0 Å². The van der Waals surface area contributed by atoms with E-state index in [4.69, 9.17) is 23.8 Å². The third-order valence-electron chi connectivity index (χ3n) is 5.18. The highest BCUT2D eigenvalue weighted by Gasteiger charge is 2.50. The maximum Gasteiger partial charge on any atom is 0.255 e. The van der Waals surface area contributed by atoms with Gasteiger partial charge in [-0.3, -0.25) is 4.79 Å². The Bertz CT molecular complexity index is 1220. The molecule has 0 aliphatic carbocycles. The van der Waals surface area contributed by atoms with E-state index in [-0.39, 0.29) is 11.0 Å². The van der Waals surface area contributed by atoms with Crippen molar-refractivity contribution in [3.63, 3.8) is 0 Å². The number of hydrogen-bond acceptors (Lipinski definition) is 4. The molecule has 0 radical (unpaired) electrons. The van der Waals surface area contributed by atoms with Crippen LogP contribution in [0, 0.1) is 6.92 Å². The number of rotatable bonds is 1. The van der Waals surface area contributed by atoms with Gasteiger partial charge in [-0.25, -0.2) is 15.0 Å². The van der Waals surface area contributed by atoms with Gasteiger partial charge in [-0.15, -0.1) is 0 Å². The lowest BCUT2D eigenvalue weighted by Gasteiger charge is -2.33. The smallest absolute Gasteiger partial charge is 0.255 e. The fourth-order valence-electron chi connectivity index (χ4n) is 3.86. The minimum atomic E-state index is -1.04. The molecule has 3 aromatic rings. The van der Waals surface area contributed by atoms with Crippen molar-refractivity contribution < 1.29 is 4.79 Å². The minimum absolute atomic E-state index is 0.196. The molecule has 8 heteroatoms. The van der Waals surface area contributed by atoms with Crippen molar-refractivity contribution in [3.05, 3.63) is 64.4 Å². The lowest BCUT2D eigenvalue weighted by molar-refractivity contribution is -0.121. The average molecular weight is 408 g/mol. The predicted molar refractivity (Wildman–Crippen MR) is 113 cm³/mol. The maximum atomic E-state index is 13.0. The van der Waals surface area contributed by atoms with Crippen LogP contribution in [0.5, 0.6) is 0 Å². The number of nitrogens with one attached hydrogen (secondary N) is 2. The van der Waals surface area contributed by atoms with E-state index < -0.39 is 5.54 Å². The van der Waals surface area contributed by atoms with Gasteiger partial charge in [-0.1, -0.05) is 23.7 Å². The van der Waals surface area contributed by atoms with Crippen LogP contribution in [-0.4, -0.2) is 26.7 Å². The Labute approximate surface area is 171 Å². The number of carbonyl (C=O) groups is 1. The van der Waals surface area contributed by atoms with Crippen molar-refractivity contribution in [1.82, 2.24) is 15.3 Å². The molecule has 5 rings (SSSR count). The van der Waals surface area contributed by atoms with Crippen LogP contribution >= 0.6 is 23.8 Å². The zero-order valence-corrected chi connectivity index (χ0v) is 16.4. The van der Waals surface area contributed by atoms with Crippen LogP contribution in [0.4, 0.5) is 5.69 Å². The second-order valence-electron chi connectivity index (χ2n) is 6.86. The van der Waals surface area contributed by atoms with Crippen LogP contribution in [0.1, 0.15) is 23.2 Å². The topological polar surface area (TPSA) is 79.3 Å². The van der Waals surface area contributed by atoms with Gasteiger partial charge in [0.15, 0.2) is 16.3 Å². The molecule has 4 heterocycles. The van der Waals surface area contributed by atoms with E-state index in [1.807, 2.05) is 37.3 Å². The summed E-state index contributed by atoms with van der Waals surface area (Å²) in [5.41, 5.74) is 3.37. The summed E-state index contributed by atoms with van der Waals surface area (Å²) in [7, 11) is 0. The molecule has 0 fully saturated rings. The Morgan fingerprint density at radius 1 is 1.25 bits per heavy atom. The number of fused-ring (bicyclic) bond motifs is 3. The van der Waals surface area contributed by atoms with E-state index in [1.165, 1.54) is 0 Å². The SMILES string of the molecule is Cc1nc2ncccc2cc1C1=NC(=S)NC2(C1)C(=O)Nc1c(Cl)cccc12. The minimum Gasteiger partial charge on any atom is -0.343 e. The molecule has 2 aliphatic heterocycles. The highest BCUT2D eigenvalue weighted by atomic mass is 35.5. The second kappa shape index (κ2) is 6.05. The first-order valence-corrected chi connectivity index (χ1v) is 9.49. The number of aromatic nitrogens is 2. The standard InChI is InChI=1S/C20H14ClN5OS/c1-10-12(8-11-4-3-7-22-17(11)23-10)15-9-20(26-19(28)24-15)13-5-2-6-14(21)16(13)25-18(20)27/h2-8H,9H2,1H3,(H,25,27)(H,26,28). The highest BCUT2D eigenvalue weighted by molar-refractivity contribution is 7.80. The summed E-state index contributed by atoms with van der Waals surface area (Å²) >= 11 is 11.7. The fourth-order valence-corrected chi connectivity index (χ4v) is 4.37. The molecule has 28 heavy (non-hydrogen) atoms. The van der Waals surface area contributed by atoms with Gasteiger partial charge in [0.05, 0.1) is 16.4 Å². The number of para-hydroxylation sites is 1. The molecule has 2 aliphatic rings. The Morgan fingerprint density at radius 2 is 2.11 bits per heavy atom. The third kappa shape index (κ3) is 2.43. The first kappa shape index (κ1) is 17.2.